The van der Waals surface area contributed by atoms with Gasteiger partial charge in [0, 0.05) is 20.1 Å². The van der Waals surface area contributed by atoms with Crippen molar-refractivity contribution in [2.24, 2.45) is 10.7 Å². The third-order valence-electron chi connectivity index (χ3n) is 3.53. The normalized spacial score (nSPS) is 10.9. The van der Waals surface area contributed by atoms with Crippen molar-refractivity contribution in [1.82, 2.24) is 10.2 Å². The Bertz CT molecular complexity index is 710. The van der Waals surface area contributed by atoms with Crippen LogP contribution in [-0.2, 0) is 13.1 Å². The summed E-state index contributed by atoms with van der Waals surface area (Å²) in [6.45, 7) is 5.95. The molecule has 0 unspecified atom stereocenters. The molecule has 7 heteroatoms. The number of carbonyl (C=O) groups excluding carboxylic acids is 1. The maximum Gasteiger partial charge on any atom is 0.284 e. The lowest BCUT2D eigenvalue weighted by atomic mass is 10.1. The van der Waals surface area contributed by atoms with Crippen LogP contribution >= 0.6 is 24.0 Å². The number of primary amides is 1. The number of halogens is 1. The number of aryl methyl sites for hydroxylation is 1. The fourth-order valence-corrected chi connectivity index (χ4v) is 2.26. The summed E-state index contributed by atoms with van der Waals surface area (Å²) >= 11 is 0. The molecular weight excluding hydrogens is 431 g/mol. The van der Waals surface area contributed by atoms with Gasteiger partial charge in [-0.05, 0) is 31.5 Å². The molecule has 1 heterocycles. The van der Waals surface area contributed by atoms with Crippen LogP contribution in [0.4, 0.5) is 0 Å². The number of nitrogens with two attached hydrogens (primary N) is 1. The molecule has 0 radical (unpaired) electrons. The standard InChI is InChI=1S/C18H24N4O2.HI/c1-4-20-18(21-11-15-9-10-16(24-15)17(19)23)22(3)12-14-7-5-13(2)6-8-14;/h5-10H,4,11-12H2,1-3H3,(H2,19,23)(H,20,21);1H. The molecule has 25 heavy (non-hydrogen) atoms. The fourth-order valence-electron chi connectivity index (χ4n) is 2.26. The number of aliphatic imine (C=N–C) groups is 1. The smallest absolute Gasteiger partial charge is 0.284 e. The molecule has 2 rings (SSSR count). The number of hydrogen-bond acceptors (Lipinski definition) is 3. The summed E-state index contributed by atoms with van der Waals surface area (Å²) in [5, 5.41) is 3.26. The molecule has 0 spiro atoms. The highest BCUT2D eigenvalue weighted by molar-refractivity contribution is 14.0. The highest BCUT2D eigenvalue weighted by atomic mass is 127. The molecule has 0 aliphatic rings. The van der Waals surface area contributed by atoms with Crippen molar-refractivity contribution in [3.63, 3.8) is 0 Å². The van der Waals surface area contributed by atoms with Crippen LogP contribution in [0.25, 0.3) is 0 Å². The van der Waals surface area contributed by atoms with E-state index in [-0.39, 0.29) is 29.7 Å². The monoisotopic (exact) mass is 456 g/mol. The molecule has 0 saturated carbocycles. The van der Waals surface area contributed by atoms with Crippen LogP contribution in [0, 0.1) is 6.92 Å². The average molecular weight is 456 g/mol. The van der Waals surface area contributed by atoms with Crippen LogP contribution in [0.5, 0.6) is 0 Å². The number of nitrogens with zero attached hydrogens (tertiary/aromatic N) is 2. The van der Waals surface area contributed by atoms with E-state index in [1.54, 1.807) is 12.1 Å². The second kappa shape index (κ2) is 10.1. The van der Waals surface area contributed by atoms with Crippen molar-refractivity contribution in [1.29, 1.82) is 0 Å². The molecule has 0 saturated heterocycles. The Labute approximate surface area is 165 Å². The van der Waals surface area contributed by atoms with Gasteiger partial charge < -0.3 is 20.4 Å². The van der Waals surface area contributed by atoms with E-state index in [0.29, 0.717) is 12.3 Å². The van der Waals surface area contributed by atoms with Gasteiger partial charge in [-0.3, -0.25) is 4.79 Å². The molecule has 136 valence electrons. The van der Waals surface area contributed by atoms with Gasteiger partial charge in [0.15, 0.2) is 11.7 Å². The van der Waals surface area contributed by atoms with Gasteiger partial charge >= 0.3 is 0 Å². The van der Waals surface area contributed by atoms with E-state index in [2.05, 4.69) is 41.5 Å². The lowest BCUT2D eigenvalue weighted by molar-refractivity contribution is 0.0972. The molecule has 1 amide bonds. The van der Waals surface area contributed by atoms with Crippen molar-refractivity contribution in [3.05, 3.63) is 59.0 Å². The maximum absolute atomic E-state index is 11.1. The predicted octanol–water partition coefficient (Wildman–Crippen LogP) is 2.90. The van der Waals surface area contributed by atoms with Crippen molar-refractivity contribution in [2.45, 2.75) is 26.9 Å². The van der Waals surface area contributed by atoms with Gasteiger partial charge in [-0.1, -0.05) is 29.8 Å². The average Bonchev–Trinajstić information content (AvgIpc) is 3.02. The van der Waals surface area contributed by atoms with Gasteiger partial charge in [-0.15, -0.1) is 24.0 Å². The maximum atomic E-state index is 11.1. The van der Waals surface area contributed by atoms with Gasteiger partial charge in [0.25, 0.3) is 5.91 Å². The molecule has 6 nitrogen and oxygen atoms in total. The second-order valence-electron chi connectivity index (χ2n) is 5.64. The zero-order valence-corrected chi connectivity index (χ0v) is 17.1. The SMILES string of the molecule is CCNC(=NCc1ccc(C(N)=O)o1)N(C)Cc1ccc(C)cc1.I. The fraction of sp³-hybridized carbons (Fsp3) is 0.333. The van der Waals surface area contributed by atoms with Gasteiger partial charge in [-0.2, -0.15) is 0 Å². The summed E-state index contributed by atoms with van der Waals surface area (Å²) in [6.07, 6.45) is 0. The third kappa shape index (κ3) is 6.41. The first-order chi connectivity index (χ1) is 11.5. The first-order valence-electron chi connectivity index (χ1n) is 7.93. The summed E-state index contributed by atoms with van der Waals surface area (Å²) in [4.78, 5) is 17.7. The number of hydrogen-bond donors (Lipinski definition) is 2. The zero-order chi connectivity index (χ0) is 17.5. The number of nitrogens with one attached hydrogen (secondary N) is 1. The Kier molecular flexibility index (Phi) is 8.47. The molecule has 0 bridgehead atoms. The van der Waals surface area contributed by atoms with Crippen molar-refractivity contribution in [3.8, 4) is 0 Å². The molecule has 0 aliphatic carbocycles. The van der Waals surface area contributed by atoms with E-state index >= 15 is 0 Å². The van der Waals surface area contributed by atoms with Gasteiger partial charge in [0.1, 0.15) is 12.3 Å². The topological polar surface area (TPSA) is 83.9 Å². The summed E-state index contributed by atoms with van der Waals surface area (Å²) in [5.41, 5.74) is 7.64. The Morgan fingerprint density at radius 2 is 1.92 bits per heavy atom. The largest absolute Gasteiger partial charge is 0.454 e. The van der Waals surface area contributed by atoms with Crippen molar-refractivity contribution >= 4 is 35.8 Å². The highest BCUT2D eigenvalue weighted by Gasteiger charge is 2.09. The minimum Gasteiger partial charge on any atom is -0.454 e. The molecule has 1 aromatic heterocycles. The zero-order valence-electron chi connectivity index (χ0n) is 14.8. The lowest BCUT2D eigenvalue weighted by Crippen LogP contribution is -2.38. The van der Waals surface area contributed by atoms with Crippen LogP contribution in [0.1, 0.15) is 34.4 Å². The van der Waals surface area contributed by atoms with E-state index < -0.39 is 5.91 Å². The van der Waals surface area contributed by atoms with E-state index in [9.17, 15) is 4.79 Å². The summed E-state index contributed by atoms with van der Waals surface area (Å²) < 4.78 is 5.36. The molecule has 0 atom stereocenters. The van der Waals surface area contributed by atoms with Crippen LogP contribution in [0.2, 0.25) is 0 Å². The van der Waals surface area contributed by atoms with Gasteiger partial charge in [-0.25, -0.2) is 4.99 Å². The first-order valence-corrected chi connectivity index (χ1v) is 7.93. The van der Waals surface area contributed by atoms with E-state index in [1.165, 1.54) is 11.1 Å². The van der Waals surface area contributed by atoms with E-state index in [1.807, 2.05) is 18.9 Å². The minimum absolute atomic E-state index is 0. The number of rotatable bonds is 6. The summed E-state index contributed by atoms with van der Waals surface area (Å²) in [7, 11) is 1.98. The van der Waals surface area contributed by atoms with Gasteiger partial charge in [0.05, 0.1) is 0 Å². The van der Waals surface area contributed by atoms with Crippen LogP contribution in [-0.4, -0.2) is 30.4 Å². The molecule has 3 N–H and O–H groups in total. The molecular formula is C18H25IN4O2. The molecule has 1 aromatic carbocycles. The quantitative estimate of drug-likeness (QED) is 0.398. The summed E-state index contributed by atoms with van der Waals surface area (Å²) in [5.74, 6) is 0.949. The number of guanidine groups is 1. The lowest BCUT2D eigenvalue weighted by Gasteiger charge is -2.22. The van der Waals surface area contributed by atoms with E-state index in [4.69, 9.17) is 10.2 Å². The van der Waals surface area contributed by atoms with Crippen LogP contribution < -0.4 is 11.1 Å². The first kappa shape index (κ1) is 21.0. The van der Waals surface area contributed by atoms with Crippen molar-refractivity contribution in [2.75, 3.05) is 13.6 Å². The second-order valence-corrected chi connectivity index (χ2v) is 5.64. The number of furan rings is 1. The van der Waals surface area contributed by atoms with Crippen molar-refractivity contribution < 1.29 is 9.21 Å². The Hall–Kier alpha value is -2.03. The Morgan fingerprint density at radius 1 is 1.24 bits per heavy atom. The molecule has 0 aliphatic heterocycles. The van der Waals surface area contributed by atoms with Crippen LogP contribution in [0.15, 0.2) is 45.8 Å². The minimum atomic E-state index is -0.575. The van der Waals surface area contributed by atoms with E-state index in [0.717, 1.165) is 19.0 Å². The number of carbonyl (C=O) groups is 1. The third-order valence-corrected chi connectivity index (χ3v) is 3.53. The number of amides is 1. The predicted molar refractivity (Wildman–Crippen MR) is 110 cm³/mol. The summed E-state index contributed by atoms with van der Waals surface area (Å²) in [6, 6.07) is 11.7. The Balaban J connectivity index is 0.00000312. The highest BCUT2D eigenvalue weighted by Crippen LogP contribution is 2.10. The Morgan fingerprint density at radius 3 is 2.48 bits per heavy atom. The van der Waals surface area contributed by atoms with Gasteiger partial charge in [0.2, 0.25) is 0 Å². The number of benzene rings is 1. The molecule has 2 aromatic rings. The molecule has 0 fully saturated rings. The van der Waals surface area contributed by atoms with Crippen LogP contribution in [0.3, 0.4) is 0 Å².